The minimum absolute atomic E-state index is 0.00238. The summed E-state index contributed by atoms with van der Waals surface area (Å²) in [6.07, 6.45) is 1.90. The molecule has 0 radical (unpaired) electrons. The van der Waals surface area contributed by atoms with Crippen molar-refractivity contribution in [2.45, 2.75) is 46.1 Å². The molecule has 3 heteroatoms. The molecule has 14 heavy (non-hydrogen) atoms. The van der Waals surface area contributed by atoms with Crippen LogP contribution in [0.1, 0.15) is 40.5 Å². The number of esters is 1. The van der Waals surface area contributed by atoms with Crippen LogP contribution in [0.2, 0.25) is 0 Å². The lowest BCUT2D eigenvalue weighted by molar-refractivity contribution is -0.159. The Morgan fingerprint density at radius 2 is 2.00 bits per heavy atom. The van der Waals surface area contributed by atoms with Crippen LogP contribution >= 0.6 is 0 Å². The molecule has 3 nitrogen and oxygen atoms in total. The standard InChI is InChI=1S/C11H23NO2/c1-9(7-6-8-12-5)10(13)14-11(2,3)4/h9,12H,6-8H2,1-5H3. The fourth-order valence-corrected chi connectivity index (χ4v) is 1.11. The second-order valence-corrected chi connectivity index (χ2v) is 4.68. The van der Waals surface area contributed by atoms with E-state index in [4.69, 9.17) is 4.74 Å². The zero-order valence-electron chi connectivity index (χ0n) is 10.0. The second kappa shape index (κ2) is 6.02. The van der Waals surface area contributed by atoms with E-state index in [-0.39, 0.29) is 17.5 Å². The number of hydrogen-bond donors (Lipinski definition) is 1. The molecule has 0 spiro atoms. The van der Waals surface area contributed by atoms with Crippen molar-refractivity contribution in [1.29, 1.82) is 0 Å². The van der Waals surface area contributed by atoms with E-state index >= 15 is 0 Å². The van der Waals surface area contributed by atoms with Gasteiger partial charge in [0.05, 0.1) is 5.92 Å². The van der Waals surface area contributed by atoms with Crippen LogP contribution in [0.5, 0.6) is 0 Å². The maximum absolute atomic E-state index is 11.5. The molecule has 0 bridgehead atoms. The SMILES string of the molecule is CNCCCC(C)C(=O)OC(C)(C)C. The van der Waals surface area contributed by atoms with Gasteiger partial charge in [-0.1, -0.05) is 6.92 Å². The lowest BCUT2D eigenvalue weighted by atomic mass is 10.1. The summed E-state index contributed by atoms with van der Waals surface area (Å²) in [5, 5.41) is 3.06. The smallest absolute Gasteiger partial charge is 0.309 e. The summed E-state index contributed by atoms with van der Waals surface area (Å²) in [4.78, 5) is 11.5. The van der Waals surface area contributed by atoms with Crippen molar-refractivity contribution in [3.63, 3.8) is 0 Å². The largest absolute Gasteiger partial charge is 0.460 e. The summed E-state index contributed by atoms with van der Waals surface area (Å²) in [7, 11) is 1.91. The molecule has 0 rings (SSSR count). The maximum Gasteiger partial charge on any atom is 0.309 e. The molecule has 0 amide bonds. The number of carbonyl (C=O) groups excluding carboxylic acids is 1. The summed E-state index contributed by atoms with van der Waals surface area (Å²) >= 11 is 0. The first-order valence-corrected chi connectivity index (χ1v) is 5.24. The third kappa shape index (κ3) is 6.89. The van der Waals surface area contributed by atoms with Crippen LogP contribution in [0.15, 0.2) is 0 Å². The second-order valence-electron chi connectivity index (χ2n) is 4.68. The normalized spacial score (nSPS) is 13.8. The van der Waals surface area contributed by atoms with E-state index in [1.807, 2.05) is 34.7 Å². The first-order valence-electron chi connectivity index (χ1n) is 5.24. The van der Waals surface area contributed by atoms with Crippen LogP contribution < -0.4 is 5.32 Å². The van der Waals surface area contributed by atoms with Gasteiger partial charge in [0, 0.05) is 0 Å². The first kappa shape index (κ1) is 13.4. The Morgan fingerprint density at radius 3 is 2.43 bits per heavy atom. The topological polar surface area (TPSA) is 38.3 Å². The van der Waals surface area contributed by atoms with Crippen LogP contribution in [-0.4, -0.2) is 25.2 Å². The van der Waals surface area contributed by atoms with Crippen molar-refractivity contribution in [2.75, 3.05) is 13.6 Å². The van der Waals surface area contributed by atoms with Crippen LogP contribution in [0.25, 0.3) is 0 Å². The fourth-order valence-electron chi connectivity index (χ4n) is 1.11. The number of ether oxygens (including phenoxy) is 1. The van der Waals surface area contributed by atoms with E-state index in [9.17, 15) is 4.79 Å². The highest BCUT2D eigenvalue weighted by molar-refractivity contribution is 5.72. The lowest BCUT2D eigenvalue weighted by Gasteiger charge is -2.22. The predicted octanol–water partition coefficient (Wildman–Crippen LogP) is 1.96. The van der Waals surface area contributed by atoms with Crippen molar-refractivity contribution in [3.05, 3.63) is 0 Å². The van der Waals surface area contributed by atoms with Gasteiger partial charge in [0.2, 0.25) is 0 Å². The zero-order chi connectivity index (χ0) is 11.2. The number of carbonyl (C=O) groups is 1. The molecule has 0 aliphatic rings. The van der Waals surface area contributed by atoms with Gasteiger partial charge in [-0.3, -0.25) is 4.79 Å². The Balaban J connectivity index is 3.77. The molecule has 0 aromatic heterocycles. The monoisotopic (exact) mass is 201 g/mol. The van der Waals surface area contributed by atoms with Crippen molar-refractivity contribution in [1.82, 2.24) is 5.32 Å². The molecule has 0 saturated carbocycles. The van der Waals surface area contributed by atoms with Gasteiger partial charge >= 0.3 is 5.97 Å². The third-order valence-corrected chi connectivity index (χ3v) is 1.87. The molecule has 1 unspecified atom stereocenters. The van der Waals surface area contributed by atoms with E-state index in [1.165, 1.54) is 0 Å². The zero-order valence-corrected chi connectivity index (χ0v) is 10.0. The number of rotatable bonds is 5. The molecule has 0 aliphatic heterocycles. The molecule has 1 atom stereocenters. The molecular weight excluding hydrogens is 178 g/mol. The Labute approximate surface area is 87.2 Å². The summed E-state index contributed by atoms with van der Waals surface area (Å²) in [6.45, 7) is 8.55. The van der Waals surface area contributed by atoms with E-state index in [2.05, 4.69) is 5.32 Å². The van der Waals surface area contributed by atoms with Gasteiger partial charge in [0.15, 0.2) is 0 Å². The Bertz CT molecular complexity index is 173. The maximum atomic E-state index is 11.5. The molecule has 0 heterocycles. The van der Waals surface area contributed by atoms with Gasteiger partial charge in [0.25, 0.3) is 0 Å². The average molecular weight is 201 g/mol. The average Bonchev–Trinajstić information content (AvgIpc) is 2.01. The van der Waals surface area contributed by atoms with Crippen LogP contribution in [0.3, 0.4) is 0 Å². The summed E-state index contributed by atoms with van der Waals surface area (Å²) < 4.78 is 5.27. The van der Waals surface area contributed by atoms with E-state index in [0.717, 1.165) is 19.4 Å². The van der Waals surface area contributed by atoms with Crippen molar-refractivity contribution in [3.8, 4) is 0 Å². The summed E-state index contributed by atoms with van der Waals surface area (Å²) in [5.74, 6) is -0.0869. The molecule has 1 N–H and O–H groups in total. The van der Waals surface area contributed by atoms with Crippen molar-refractivity contribution < 1.29 is 9.53 Å². The van der Waals surface area contributed by atoms with Gasteiger partial charge in [-0.2, -0.15) is 0 Å². The molecule has 0 aromatic carbocycles. The highest BCUT2D eigenvalue weighted by Crippen LogP contribution is 2.14. The van der Waals surface area contributed by atoms with E-state index in [0.29, 0.717) is 0 Å². The van der Waals surface area contributed by atoms with Crippen LogP contribution in [0.4, 0.5) is 0 Å². The predicted molar refractivity (Wildman–Crippen MR) is 58.2 cm³/mol. The third-order valence-electron chi connectivity index (χ3n) is 1.87. The fraction of sp³-hybridized carbons (Fsp3) is 0.909. The molecular formula is C11H23NO2. The van der Waals surface area contributed by atoms with Gasteiger partial charge in [-0.25, -0.2) is 0 Å². The van der Waals surface area contributed by atoms with Crippen LogP contribution in [0, 0.1) is 5.92 Å². The van der Waals surface area contributed by atoms with Crippen molar-refractivity contribution >= 4 is 5.97 Å². The Hall–Kier alpha value is -0.570. The Morgan fingerprint density at radius 1 is 1.43 bits per heavy atom. The van der Waals surface area contributed by atoms with Gasteiger partial charge in [-0.05, 0) is 47.2 Å². The quantitative estimate of drug-likeness (QED) is 0.546. The van der Waals surface area contributed by atoms with Gasteiger partial charge in [-0.15, -0.1) is 0 Å². The van der Waals surface area contributed by atoms with E-state index < -0.39 is 0 Å². The van der Waals surface area contributed by atoms with Gasteiger partial charge < -0.3 is 10.1 Å². The first-order chi connectivity index (χ1) is 6.37. The minimum atomic E-state index is -0.367. The highest BCUT2D eigenvalue weighted by Gasteiger charge is 2.20. The molecule has 0 aliphatic carbocycles. The lowest BCUT2D eigenvalue weighted by Crippen LogP contribution is -2.28. The molecule has 0 aromatic rings. The van der Waals surface area contributed by atoms with Crippen molar-refractivity contribution in [2.24, 2.45) is 5.92 Å². The van der Waals surface area contributed by atoms with E-state index in [1.54, 1.807) is 0 Å². The molecule has 0 saturated heterocycles. The molecule has 0 fully saturated rings. The van der Waals surface area contributed by atoms with Gasteiger partial charge in [0.1, 0.15) is 5.60 Å². The molecule has 84 valence electrons. The summed E-state index contributed by atoms with van der Waals surface area (Å²) in [5.41, 5.74) is -0.367. The number of hydrogen-bond acceptors (Lipinski definition) is 3. The number of nitrogens with one attached hydrogen (secondary N) is 1. The summed E-state index contributed by atoms with van der Waals surface area (Å²) in [6, 6.07) is 0. The Kier molecular flexibility index (Phi) is 5.77. The minimum Gasteiger partial charge on any atom is -0.460 e. The highest BCUT2D eigenvalue weighted by atomic mass is 16.6. The van der Waals surface area contributed by atoms with Crippen LogP contribution in [-0.2, 0) is 9.53 Å².